The van der Waals surface area contributed by atoms with E-state index < -0.39 is 0 Å². The van der Waals surface area contributed by atoms with Gasteiger partial charge in [-0.2, -0.15) is 0 Å². The monoisotopic (exact) mass is 588 g/mol. The lowest BCUT2D eigenvalue weighted by atomic mass is 9.97. The van der Waals surface area contributed by atoms with E-state index in [4.69, 9.17) is 4.42 Å². The molecule has 0 atom stereocenters. The van der Waals surface area contributed by atoms with E-state index in [0.29, 0.717) is 5.71 Å². The molecule has 0 radical (unpaired) electrons. The fourth-order valence-corrected chi connectivity index (χ4v) is 6.67. The Balaban J connectivity index is 1.24. The molecule has 3 heteroatoms. The van der Waals surface area contributed by atoms with Crippen molar-refractivity contribution in [1.29, 1.82) is 0 Å². The maximum Gasteiger partial charge on any atom is 0.227 e. The van der Waals surface area contributed by atoms with Crippen LogP contribution in [0, 0.1) is 0 Å². The Morgan fingerprint density at radius 1 is 0.413 bits per heavy atom. The zero-order chi connectivity index (χ0) is 30.5. The minimum absolute atomic E-state index is 0.664. The van der Waals surface area contributed by atoms with Crippen molar-refractivity contribution < 1.29 is 4.42 Å². The van der Waals surface area contributed by atoms with Crippen LogP contribution in [0.2, 0.25) is 0 Å². The lowest BCUT2D eigenvalue weighted by molar-refractivity contribution is 0.654. The molecule has 0 spiro atoms. The third-order valence-corrected chi connectivity index (χ3v) is 8.86. The van der Waals surface area contributed by atoms with Crippen molar-refractivity contribution in [3.63, 3.8) is 0 Å². The van der Waals surface area contributed by atoms with Crippen molar-refractivity contribution in [2.45, 2.75) is 0 Å². The predicted molar refractivity (Wildman–Crippen MR) is 192 cm³/mol. The van der Waals surface area contributed by atoms with Gasteiger partial charge in [-0.3, -0.25) is 0 Å². The van der Waals surface area contributed by atoms with Gasteiger partial charge >= 0.3 is 0 Å². The van der Waals surface area contributed by atoms with Crippen LogP contribution in [0.3, 0.4) is 0 Å². The lowest BCUT2D eigenvalue weighted by Crippen LogP contribution is -2.10. The fraction of sp³-hybridized carbons (Fsp3) is 0. The molecule has 7 aromatic carbocycles. The summed E-state index contributed by atoms with van der Waals surface area (Å²) in [6.07, 6.45) is 1.77. The Morgan fingerprint density at radius 3 is 2.00 bits per heavy atom. The third-order valence-electron chi connectivity index (χ3n) is 8.86. The van der Waals surface area contributed by atoms with Crippen molar-refractivity contribution in [3.8, 4) is 22.3 Å². The highest BCUT2D eigenvalue weighted by Gasteiger charge is 2.17. The average molecular weight is 589 g/mol. The molecule has 0 fully saturated rings. The second-order valence-electron chi connectivity index (χ2n) is 11.7. The molecule has 9 rings (SSSR count). The standard InChI is InChI=1S/C43H28N2O/c1-2-10-29(11-3-1)31-14-6-16-35(24-31)45(36-17-7-15-33(25-36)39-19-8-13-30-12-4-5-18-38(30)39)37-22-21-32-28-42-41(27-34(32)26-37)40-20-9-23-44-43(40)46-42/h1-28H. The van der Waals surface area contributed by atoms with Crippen molar-refractivity contribution in [1.82, 2.24) is 4.98 Å². The van der Waals surface area contributed by atoms with Crippen molar-refractivity contribution >= 4 is 60.7 Å². The van der Waals surface area contributed by atoms with Gasteiger partial charge in [0.1, 0.15) is 5.58 Å². The van der Waals surface area contributed by atoms with Crippen molar-refractivity contribution in [2.24, 2.45) is 0 Å². The largest absolute Gasteiger partial charge is 0.438 e. The first-order chi connectivity index (χ1) is 22.8. The van der Waals surface area contributed by atoms with E-state index >= 15 is 0 Å². The van der Waals surface area contributed by atoms with Crippen LogP contribution in [-0.2, 0) is 0 Å². The maximum atomic E-state index is 6.10. The van der Waals surface area contributed by atoms with E-state index in [1.807, 2.05) is 6.07 Å². The molecule has 0 bridgehead atoms. The summed E-state index contributed by atoms with van der Waals surface area (Å²) in [6.45, 7) is 0. The number of anilines is 3. The smallest absolute Gasteiger partial charge is 0.227 e. The van der Waals surface area contributed by atoms with Gasteiger partial charge in [-0.25, -0.2) is 4.98 Å². The zero-order valence-corrected chi connectivity index (χ0v) is 25.0. The van der Waals surface area contributed by atoms with Crippen LogP contribution in [0.5, 0.6) is 0 Å². The van der Waals surface area contributed by atoms with Crippen LogP contribution >= 0.6 is 0 Å². The molecule has 0 aliphatic rings. The van der Waals surface area contributed by atoms with Gasteiger partial charge in [0.15, 0.2) is 0 Å². The van der Waals surface area contributed by atoms with Gasteiger partial charge in [0, 0.05) is 34.0 Å². The highest BCUT2D eigenvalue weighted by Crippen LogP contribution is 2.41. The Bertz CT molecular complexity index is 2540. The van der Waals surface area contributed by atoms with E-state index in [2.05, 4.69) is 168 Å². The number of benzene rings is 7. The molecule has 0 saturated carbocycles. The number of hydrogen-bond acceptors (Lipinski definition) is 3. The third kappa shape index (κ3) is 4.49. The minimum atomic E-state index is 0.664. The number of nitrogens with zero attached hydrogens (tertiary/aromatic N) is 2. The van der Waals surface area contributed by atoms with E-state index in [1.54, 1.807) is 6.20 Å². The number of furan rings is 1. The van der Waals surface area contributed by atoms with Crippen LogP contribution in [0.1, 0.15) is 0 Å². The van der Waals surface area contributed by atoms with Gasteiger partial charge in [-0.05, 0) is 104 Å². The lowest BCUT2D eigenvalue weighted by Gasteiger charge is -2.27. The average Bonchev–Trinajstić information content (AvgIpc) is 3.48. The molecule has 0 saturated heterocycles. The SMILES string of the molecule is c1ccc(-c2cccc(N(c3cccc(-c4cccc5ccccc45)c3)c3ccc4cc5oc6ncccc6c5cc4c3)c2)cc1. The van der Waals surface area contributed by atoms with Crippen LogP contribution in [0.25, 0.3) is 65.9 Å². The van der Waals surface area contributed by atoms with Gasteiger partial charge in [0.25, 0.3) is 0 Å². The quantitative estimate of drug-likeness (QED) is 0.200. The Morgan fingerprint density at radius 2 is 1.11 bits per heavy atom. The number of rotatable bonds is 5. The molecule has 0 N–H and O–H groups in total. The summed E-state index contributed by atoms with van der Waals surface area (Å²) in [6, 6.07) is 58.4. The Kier molecular flexibility index (Phi) is 6.14. The molecule has 0 aliphatic carbocycles. The van der Waals surface area contributed by atoms with Gasteiger partial charge < -0.3 is 9.32 Å². The second-order valence-corrected chi connectivity index (χ2v) is 11.7. The Labute approximate surface area is 266 Å². The summed E-state index contributed by atoms with van der Waals surface area (Å²) in [4.78, 5) is 6.81. The first kappa shape index (κ1) is 26.2. The first-order valence-electron chi connectivity index (χ1n) is 15.5. The molecule has 0 unspecified atom stereocenters. The minimum Gasteiger partial charge on any atom is -0.438 e. The van der Waals surface area contributed by atoms with Crippen molar-refractivity contribution in [3.05, 3.63) is 170 Å². The van der Waals surface area contributed by atoms with Gasteiger partial charge in [0.05, 0.1) is 0 Å². The summed E-state index contributed by atoms with van der Waals surface area (Å²) in [5.41, 5.74) is 9.55. The number of pyridine rings is 1. The molecule has 46 heavy (non-hydrogen) atoms. The van der Waals surface area contributed by atoms with Crippen LogP contribution < -0.4 is 4.90 Å². The molecule has 2 aromatic heterocycles. The summed E-state index contributed by atoms with van der Waals surface area (Å²) in [5.74, 6) is 0. The van der Waals surface area contributed by atoms with E-state index in [-0.39, 0.29) is 0 Å². The highest BCUT2D eigenvalue weighted by molar-refractivity contribution is 6.09. The van der Waals surface area contributed by atoms with E-state index in [1.165, 1.54) is 33.0 Å². The topological polar surface area (TPSA) is 29.3 Å². The number of hydrogen-bond donors (Lipinski definition) is 0. The van der Waals surface area contributed by atoms with Gasteiger partial charge in [0.2, 0.25) is 5.71 Å². The summed E-state index contributed by atoms with van der Waals surface area (Å²) in [7, 11) is 0. The van der Waals surface area contributed by atoms with Gasteiger partial charge in [-0.1, -0.05) is 103 Å². The maximum absolute atomic E-state index is 6.10. The number of fused-ring (bicyclic) bond motifs is 5. The fourth-order valence-electron chi connectivity index (χ4n) is 6.67. The normalized spacial score (nSPS) is 11.5. The molecule has 0 amide bonds. The summed E-state index contributed by atoms with van der Waals surface area (Å²) >= 11 is 0. The van der Waals surface area contributed by atoms with Crippen molar-refractivity contribution in [2.75, 3.05) is 4.90 Å². The first-order valence-corrected chi connectivity index (χ1v) is 15.5. The van der Waals surface area contributed by atoms with Crippen LogP contribution in [-0.4, -0.2) is 4.98 Å². The molecular weight excluding hydrogens is 560 g/mol. The van der Waals surface area contributed by atoms with Crippen LogP contribution in [0.15, 0.2) is 174 Å². The van der Waals surface area contributed by atoms with E-state index in [9.17, 15) is 0 Å². The molecule has 9 aromatic rings. The Hall–Kier alpha value is -6.19. The second kappa shape index (κ2) is 10.8. The van der Waals surface area contributed by atoms with Crippen LogP contribution in [0.4, 0.5) is 17.1 Å². The highest BCUT2D eigenvalue weighted by atomic mass is 16.3. The number of aromatic nitrogens is 1. The summed E-state index contributed by atoms with van der Waals surface area (Å²) < 4.78 is 6.10. The summed E-state index contributed by atoms with van der Waals surface area (Å²) in [5, 5.41) is 6.85. The predicted octanol–water partition coefficient (Wildman–Crippen LogP) is 12.1. The molecule has 3 nitrogen and oxygen atoms in total. The van der Waals surface area contributed by atoms with Gasteiger partial charge in [-0.15, -0.1) is 0 Å². The molecule has 216 valence electrons. The zero-order valence-electron chi connectivity index (χ0n) is 25.0. The van der Waals surface area contributed by atoms with E-state index in [0.717, 1.165) is 44.2 Å². The molecule has 2 heterocycles. The molecule has 0 aliphatic heterocycles. The molecular formula is C43H28N2O.